The molecule has 0 heterocycles. The van der Waals surface area contributed by atoms with E-state index in [-0.39, 0.29) is 13.2 Å². The summed E-state index contributed by atoms with van der Waals surface area (Å²) in [4.78, 5) is 12.5. The maximum Gasteiger partial charge on any atom is 0.150 e. The summed E-state index contributed by atoms with van der Waals surface area (Å²) in [5, 5.41) is 17.8. The molecule has 16 heavy (non-hydrogen) atoms. The largest absolute Gasteiger partial charge is 0.395 e. The molecule has 0 radical (unpaired) electrons. The monoisotopic (exact) mass is 223 g/mol. The topological polar surface area (TPSA) is 60.8 Å². The number of hydrogen-bond donors (Lipinski definition) is 2. The Morgan fingerprint density at radius 1 is 1.25 bits per heavy atom. The molecule has 0 spiro atoms. The number of hydrogen-bond acceptors (Lipinski definition) is 4. The lowest BCUT2D eigenvalue weighted by molar-refractivity contribution is 0.112. The molecule has 0 aliphatic carbocycles. The van der Waals surface area contributed by atoms with Crippen molar-refractivity contribution in [2.24, 2.45) is 0 Å². The molecule has 2 N–H and O–H groups in total. The van der Waals surface area contributed by atoms with Gasteiger partial charge in [-0.25, -0.2) is 0 Å². The van der Waals surface area contributed by atoms with Crippen LogP contribution in [0.1, 0.15) is 15.9 Å². The van der Waals surface area contributed by atoms with Crippen LogP contribution in [-0.2, 0) is 0 Å². The highest BCUT2D eigenvalue weighted by Gasteiger charge is 2.06. The number of rotatable bonds is 6. The SMILES string of the molecule is Cc1cc(N(CCO)CCO)ccc1C=O. The highest BCUT2D eigenvalue weighted by Crippen LogP contribution is 2.17. The van der Waals surface area contributed by atoms with E-state index in [2.05, 4.69) is 0 Å². The molecule has 0 atom stereocenters. The lowest BCUT2D eigenvalue weighted by atomic mass is 10.1. The molecule has 0 bridgehead atoms. The molecule has 1 aromatic carbocycles. The van der Waals surface area contributed by atoms with Gasteiger partial charge in [-0.1, -0.05) is 0 Å². The third-order valence-electron chi connectivity index (χ3n) is 2.49. The third-order valence-corrected chi connectivity index (χ3v) is 2.49. The predicted molar refractivity (Wildman–Crippen MR) is 63.0 cm³/mol. The molecule has 0 saturated carbocycles. The molecule has 88 valence electrons. The Bertz CT molecular complexity index is 346. The minimum atomic E-state index is 0.0362. The molecule has 0 aliphatic rings. The van der Waals surface area contributed by atoms with Crippen LogP contribution < -0.4 is 4.90 Å². The minimum Gasteiger partial charge on any atom is -0.395 e. The van der Waals surface area contributed by atoms with Gasteiger partial charge in [-0.3, -0.25) is 4.79 Å². The molecule has 1 aromatic rings. The Balaban J connectivity index is 2.91. The van der Waals surface area contributed by atoms with Crippen molar-refractivity contribution in [3.8, 4) is 0 Å². The third kappa shape index (κ3) is 3.05. The second kappa shape index (κ2) is 6.25. The number of carbonyl (C=O) groups excluding carboxylic acids is 1. The van der Waals surface area contributed by atoms with E-state index in [1.54, 1.807) is 6.07 Å². The lowest BCUT2D eigenvalue weighted by Crippen LogP contribution is -2.29. The summed E-state index contributed by atoms with van der Waals surface area (Å²) < 4.78 is 0. The summed E-state index contributed by atoms with van der Waals surface area (Å²) in [6.07, 6.45) is 0.821. The molecule has 1 rings (SSSR count). The number of aryl methyl sites for hydroxylation is 1. The number of aliphatic hydroxyl groups is 2. The van der Waals surface area contributed by atoms with Crippen molar-refractivity contribution >= 4 is 12.0 Å². The normalized spacial score (nSPS) is 10.2. The first-order valence-corrected chi connectivity index (χ1v) is 5.25. The first kappa shape index (κ1) is 12.7. The van der Waals surface area contributed by atoms with Crippen molar-refractivity contribution in [2.45, 2.75) is 6.92 Å². The van der Waals surface area contributed by atoms with Crippen molar-refractivity contribution in [3.05, 3.63) is 29.3 Å². The van der Waals surface area contributed by atoms with Crippen molar-refractivity contribution in [1.82, 2.24) is 0 Å². The Hall–Kier alpha value is -1.39. The summed E-state index contributed by atoms with van der Waals surface area (Å²) >= 11 is 0. The van der Waals surface area contributed by atoms with Gasteiger partial charge < -0.3 is 15.1 Å². The van der Waals surface area contributed by atoms with Gasteiger partial charge in [0.1, 0.15) is 6.29 Å². The molecular formula is C12H17NO3. The fourth-order valence-corrected chi connectivity index (χ4v) is 1.60. The summed E-state index contributed by atoms with van der Waals surface area (Å²) in [6.45, 7) is 2.88. The van der Waals surface area contributed by atoms with Crippen LogP contribution in [0.15, 0.2) is 18.2 Å². The van der Waals surface area contributed by atoms with Gasteiger partial charge >= 0.3 is 0 Å². The molecule has 0 saturated heterocycles. The molecule has 4 nitrogen and oxygen atoms in total. The van der Waals surface area contributed by atoms with Gasteiger partial charge in [-0.05, 0) is 30.7 Å². The summed E-state index contributed by atoms with van der Waals surface area (Å²) in [7, 11) is 0. The quantitative estimate of drug-likeness (QED) is 0.693. The average Bonchev–Trinajstić information content (AvgIpc) is 2.28. The Kier molecular flexibility index (Phi) is 4.95. The second-order valence-electron chi connectivity index (χ2n) is 3.59. The zero-order valence-electron chi connectivity index (χ0n) is 9.39. The van der Waals surface area contributed by atoms with Gasteiger partial charge in [0.25, 0.3) is 0 Å². The molecule has 0 aliphatic heterocycles. The van der Waals surface area contributed by atoms with Gasteiger partial charge in [-0.15, -0.1) is 0 Å². The van der Waals surface area contributed by atoms with E-state index in [4.69, 9.17) is 10.2 Å². The van der Waals surface area contributed by atoms with Crippen LogP contribution in [0.3, 0.4) is 0 Å². The molecule has 0 amide bonds. The van der Waals surface area contributed by atoms with Gasteiger partial charge in [0, 0.05) is 24.3 Å². The van der Waals surface area contributed by atoms with Crippen LogP contribution in [0.5, 0.6) is 0 Å². The fraction of sp³-hybridized carbons (Fsp3) is 0.417. The Morgan fingerprint density at radius 2 is 1.88 bits per heavy atom. The van der Waals surface area contributed by atoms with Gasteiger partial charge in [0.05, 0.1) is 13.2 Å². The second-order valence-corrected chi connectivity index (χ2v) is 3.59. The van der Waals surface area contributed by atoms with E-state index in [0.717, 1.165) is 17.5 Å². The van der Waals surface area contributed by atoms with E-state index in [9.17, 15) is 4.79 Å². The lowest BCUT2D eigenvalue weighted by Gasteiger charge is -2.23. The van der Waals surface area contributed by atoms with Crippen LogP contribution in [-0.4, -0.2) is 42.8 Å². The van der Waals surface area contributed by atoms with Crippen LogP contribution in [0.2, 0.25) is 0 Å². The van der Waals surface area contributed by atoms with E-state index < -0.39 is 0 Å². The maximum absolute atomic E-state index is 10.7. The van der Waals surface area contributed by atoms with Crippen molar-refractivity contribution < 1.29 is 15.0 Å². The van der Waals surface area contributed by atoms with E-state index in [0.29, 0.717) is 18.7 Å². The van der Waals surface area contributed by atoms with Crippen LogP contribution >= 0.6 is 0 Å². The van der Waals surface area contributed by atoms with Gasteiger partial charge in [-0.2, -0.15) is 0 Å². The maximum atomic E-state index is 10.7. The number of aldehydes is 1. The number of aliphatic hydroxyl groups excluding tert-OH is 2. The van der Waals surface area contributed by atoms with E-state index in [1.807, 2.05) is 24.0 Å². The van der Waals surface area contributed by atoms with Crippen molar-refractivity contribution in [3.63, 3.8) is 0 Å². The molecule has 0 aromatic heterocycles. The highest BCUT2D eigenvalue weighted by molar-refractivity contribution is 5.78. The van der Waals surface area contributed by atoms with Crippen LogP contribution in [0.25, 0.3) is 0 Å². The average molecular weight is 223 g/mol. The van der Waals surface area contributed by atoms with Crippen LogP contribution in [0.4, 0.5) is 5.69 Å². The summed E-state index contributed by atoms with van der Waals surface area (Å²) in [5.74, 6) is 0. The summed E-state index contributed by atoms with van der Waals surface area (Å²) in [6, 6.07) is 5.45. The van der Waals surface area contributed by atoms with Crippen LogP contribution in [0, 0.1) is 6.92 Å². The standard InChI is InChI=1S/C12H17NO3/c1-10-8-12(3-2-11(10)9-16)13(4-6-14)5-7-15/h2-3,8-9,14-15H,4-7H2,1H3. The molecule has 0 fully saturated rings. The molecule has 4 heteroatoms. The molecular weight excluding hydrogens is 206 g/mol. The fourth-order valence-electron chi connectivity index (χ4n) is 1.60. The number of anilines is 1. The number of carbonyl (C=O) groups is 1. The zero-order valence-corrected chi connectivity index (χ0v) is 9.39. The Labute approximate surface area is 95.1 Å². The number of benzene rings is 1. The molecule has 0 unspecified atom stereocenters. The van der Waals surface area contributed by atoms with Crippen molar-refractivity contribution in [1.29, 1.82) is 0 Å². The first-order chi connectivity index (χ1) is 7.72. The van der Waals surface area contributed by atoms with E-state index in [1.165, 1.54) is 0 Å². The predicted octanol–water partition coefficient (Wildman–Crippen LogP) is 0.599. The van der Waals surface area contributed by atoms with Gasteiger partial charge in [0.2, 0.25) is 0 Å². The number of nitrogens with zero attached hydrogens (tertiary/aromatic N) is 1. The highest BCUT2D eigenvalue weighted by atomic mass is 16.3. The summed E-state index contributed by atoms with van der Waals surface area (Å²) in [5.41, 5.74) is 2.47. The van der Waals surface area contributed by atoms with Gasteiger partial charge in [0.15, 0.2) is 0 Å². The minimum absolute atomic E-state index is 0.0362. The van der Waals surface area contributed by atoms with E-state index >= 15 is 0 Å². The Morgan fingerprint density at radius 3 is 2.31 bits per heavy atom. The zero-order chi connectivity index (χ0) is 12.0. The first-order valence-electron chi connectivity index (χ1n) is 5.25. The van der Waals surface area contributed by atoms with Crippen molar-refractivity contribution in [2.75, 3.05) is 31.2 Å². The smallest absolute Gasteiger partial charge is 0.150 e.